The molecule has 11 rings (SSSR count). The van der Waals surface area contributed by atoms with Crippen LogP contribution in [0.25, 0.3) is 60.9 Å². The van der Waals surface area contributed by atoms with Crippen LogP contribution in [0.3, 0.4) is 0 Å². The Balaban J connectivity index is 1.16. The smallest absolute Gasteiger partial charge is 0.0541 e. The average Bonchev–Trinajstić information content (AvgIpc) is 3.78. The first-order valence-electron chi connectivity index (χ1n) is 19.8. The predicted octanol–water partition coefficient (Wildman–Crippen LogP) is 14.5. The highest BCUT2D eigenvalue weighted by atomic mass is 15.1. The van der Waals surface area contributed by atoms with Crippen LogP contribution in [0.2, 0.25) is 0 Å². The fourth-order valence-electron chi connectivity index (χ4n) is 10.2. The number of fused-ring (bicyclic) bond motifs is 9. The van der Waals surface area contributed by atoms with Crippen LogP contribution in [-0.2, 0) is 10.8 Å². The van der Waals surface area contributed by atoms with E-state index >= 15 is 0 Å². The summed E-state index contributed by atoms with van der Waals surface area (Å²) in [5.74, 6) is 0. The Morgan fingerprint density at radius 3 is 1.79 bits per heavy atom. The maximum Gasteiger partial charge on any atom is 0.0541 e. The maximum atomic E-state index is 2.55. The van der Waals surface area contributed by atoms with Crippen LogP contribution < -0.4 is 4.90 Å². The van der Waals surface area contributed by atoms with Crippen LogP contribution in [-0.4, -0.2) is 4.57 Å². The molecule has 268 valence electrons. The quantitative estimate of drug-likeness (QED) is 0.172. The molecule has 0 saturated carbocycles. The van der Waals surface area contributed by atoms with E-state index in [0.29, 0.717) is 0 Å². The number of anilines is 3. The van der Waals surface area contributed by atoms with Gasteiger partial charge in [0.25, 0.3) is 0 Å². The predicted molar refractivity (Wildman–Crippen MR) is 236 cm³/mol. The van der Waals surface area contributed by atoms with E-state index in [2.05, 4.69) is 219 Å². The molecule has 0 amide bonds. The molecule has 2 aliphatic carbocycles. The summed E-state index contributed by atoms with van der Waals surface area (Å²) >= 11 is 0. The van der Waals surface area contributed by atoms with Gasteiger partial charge >= 0.3 is 0 Å². The van der Waals surface area contributed by atoms with E-state index in [-0.39, 0.29) is 10.8 Å². The maximum absolute atomic E-state index is 2.55. The van der Waals surface area contributed by atoms with E-state index in [1.807, 2.05) is 0 Å². The molecule has 0 bridgehead atoms. The van der Waals surface area contributed by atoms with E-state index in [1.165, 1.54) is 94.5 Å². The third kappa shape index (κ3) is 4.56. The normalized spacial score (nSPS) is 14.4. The minimum atomic E-state index is -0.194. The Kier molecular flexibility index (Phi) is 6.98. The minimum Gasteiger partial charge on any atom is -0.310 e. The summed E-state index contributed by atoms with van der Waals surface area (Å²) in [6, 6.07) is 67.5. The number of hydrogen-bond donors (Lipinski definition) is 0. The molecule has 0 unspecified atom stereocenters. The van der Waals surface area contributed by atoms with Gasteiger partial charge in [0.05, 0.1) is 22.4 Å². The van der Waals surface area contributed by atoms with Crippen molar-refractivity contribution < 1.29 is 0 Å². The van der Waals surface area contributed by atoms with Gasteiger partial charge in [0, 0.05) is 38.5 Å². The Morgan fingerprint density at radius 1 is 0.393 bits per heavy atom. The van der Waals surface area contributed by atoms with Gasteiger partial charge in [0.15, 0.2) is 0 Å². The second kappa shape index (κ2) is 11.9. The van der Waals surface area contributed by atoms with E-state index in [0.717, 1.165) is 5.69 Å². The van der Waals surface area contributed by atoms with Gasteiger partial charge in [-0.05, 0) is 105 Å². The Labute approximate surface area is 328 Å². The van der Waals surface area contributed by atoms with Gasteiger partial charge in [-0.1, -0.05) is 155 Å². The van der Waals surface area contributed by atoms with Crippen molar-refractivity contribution in [2.45, 2.75) is 38.5 Å². The van der Waals surface area contributed by atoms with Crippen molar-refractivity contribution in [1.82, 2.24) is 4.57 Å². The fraction of sp³-hybridized carbons (Fsp3) is 0.111. The highest BCUT2D eigenvalue weighted by Crippen LogP contribution is 2.56. The third-order valence-electron chi connectivity index (χ3n) is 12.8. The molecule has 2 nitrogen and oxygen atoms in total. The van der Waals surface area contributed by atoms with Crippen molar-refractivity contribution in [2.24, 2.45) is 0 Å². The Hall–Kier alpha value is -6.64. The highest BCUT2D eigenvalue weighted by molar-refractivity contribution is 6.11. The van der Waals surface area contributed by atoms with Crippen LogP contribution in [0.15, 0.2) is 182 Å². The van der Waals surface area contributed by atoms with Gasteiger partial charge in [-0.3, -0.25) is 0 Å². The molecule has 0 aliphatic heterocycles. The molecular formula is C54H42N2. The molecule has 9 aromatic rings. The molecule has 0 N–H and O–H groups in total. The summed E-state index contributed by atoms with van der Waals surface area (Å²) in [6.45, 7) is 9.54. The van der Waals surface area contributed by atoms with Crippen LogP contribution >= 0.6 is 0 Å². The van der Waals surface area contributed by atoms with E-state index < -0.39 is 0 Å². The highest BCUT2D eigenvalue weighted by Gasteiger charge is 2.40. The summed E-state index contributed by atoms with van der Waals surface area (Å²) in [4.78, 5) is 2.55. The van der Waals surface area contributed by atoms with Crippen LogP contribution in [0.1, 0.15) is 49.9 Å². The lowest BCUT2D eigenvalue weighted by Crippen LogP contribution is -2.21. The summed E-state index contributed by atoms with van der Waals surface area (Å²) < 4.78 is 2.39. The molecule has 56 heavy (non-hydrogen) atoms. The SMILES string of the molecule is CC1(C)c2ccccc2-c2ccc(N(c3ccccc3-c3ccc4c(c3)c3ccccc3n4-c3ccccc3)c3cccc4c3C(C)(C)c3ccccc3-4)cc21. The average molecular weight is 719 g/mol. The number of rotatable bonds is 5. The van der Waals surface area contributed by atoms with E-state index in [4.69, 9.17) is 0 Å². The summed E-state index contributed by atoms with van der Waals surface area (Å²) in [5.41, 5.74) is 20.0. The zero-order valence-corrected chi connectivity index (χ0v) is 32.2. The topological polar surface area (TPSA) is 8.17 Å². The number of hydrogen-bond acceptors (Lipinski definition) is 1. The van der Waals surface area contributed by atoms with E-state index in [9.17, 15) is 0 Å². The summed E-state index contributed by atoms with van der Waals surface area (Å²) in [5, 5.41) is 2.50. The monoisotopic (exact) mass is 718 g/mol. The van der Waals surface area contributed by atoms with E-state index in [1.54, 1.807) is 0 Å². The first-order chi connectivity index (χ1) is 27.3. The van der Waals surface area contributed by atoms with Gasteiger partial charge in [-0.2, -0.15) is 0 Å². The number of aromatic nitrogens is 1. The van der Waals surface area contributed by atoms with Gasteiger partial charge in [0.2, 0.25) is 0 Å². The third-order valence-corrected chi connectivity index (χ3v) is 12.8. The first kappa shape index (κ1) is 32.8. The van der Waals surface area contributed by atoms with Gasteiger partial charge in [0.1, 0.15) is 0 Å². The molecule has 0 saturated heterocycles. The Bertz CT molecular complexity index is 3030. The number of para-hydroxylation sites is 3. The van der Waals surface area contributed by atoms with Crippen LogP contribution in [0.5, 0.6) is 0 Å². The van der Waals surface area contributed by atoms with Crippen molar-refractivity contribution in [1.29, 1.82) is 0 Å². The molecule has 0 atom stereocenters. The Morgan fingerprint density at radius 2 is 0.982 bits per heavy atom. The van der Waals surface area contributed by atoms with Crippen molar-refractivity contribution in [3.05, 3.63) is 204 Å². The van der Waals surface area contributed by atoms with Crippen molar-refractivity contribution >= 4 is 38.9 Å². The lowest BCUT2D eigenvalue weighted by Gasteiger charge is -2.34. The van der Waals surface area contributed by atoms with Gasteiger partial charge in [-0.25, -0.2) is 0 Å². The first-order valence-corrected chi connectivity index (χ1v) is 19.8. The largest absolute Gasteiger partial charge is 0.310 e. The summed E-state index contributed by atoms with van der Waals surface area (Å²) in [6.07, 6.45) is 0. The molecule has 2 heteroatoms. The van der Waals surface area contributed by atoms with Gasteiger partial charge < -0.3 is 9.47 Å². The van der Waals surface area contributed by atoms with Crippen molar-refractivity contribution in [3.8, 4) is 39.1 Å². The lowest BCUT2D eigenvalue weighted by molar-refractivity contribution is 0.658. The standard InChI is InChI=1S/C54H42N2/c1-53(2)45-24-12-8-20-39(45)41-31-30-37(34-47(41)53)56(51-28-16-23-43-40-21-9-13-25-46(40)54(3,4)52(43)51)48-26-14-10-19-38(48)35-29-32-50-44(33-35)42-22-11-15-27-49(42)55(50)36-17-6-5-7-18-36/h5-34H,1-4H3. The molecule has 8 aromatic carbocycles. The van der Waals surface area contributed by atoms with Crippen molar-refractivity contribution in [3.63, 3.8) is 0 Å². The van der Waals surface area contributed by atoms with Crippen LogP contribution in [0.4, 0.5) is 17.1 Å². The van der Waals surface area contributed by atoms with Crippen molar-refractivity contribution in [2.75, 3.05) is 4.90 Å². The fourth-order valence-corrected chi connectivity index (χ4v) is 10.2. The summed E-state index contributed by atoms with van der Waals surface area (Å²) in [7, 11) is 0. The zero-order valence-electron chi connectivity index (χ0n) is 32.2. The minimum absolute atomic E-state index is 0.126. The second-order valence-corrected chi connectivity index (χ2v) is 16.5. The molecule has 0 radical (unpaired) electrons. The van der Waals surface area contributed by atoms with Gasteiger partial charge in [-0.15, -0.1) is 0 Å². The van der Waals surface area contributed by atoms with Crippen LogP contribution in [0, 0.1) is 0 Å². The molecule has 1 heterocycles. The molecule has 2 aliphatic rings. The number of benzene rings is 8. The second-order valence-electron chi connectivity index (χ2n) is 16.5. The molecular weight excluding hydrogens is 677 g/mol. The molecule has 1 aromatic heterocycles. The molecule has 0 fully saturated rings. The molecule has 0 spiro atoms. The lowest BCUT2D eigenvalue weighted by atomic mass is 9.80. The number of nitrogens with zero attached hydrogens (tertiary/aromatic N) is 2. The zero-order chi connectivity index (χ0) is 37.8.